The maximum absolute atomic E-state index is 9.54. The van der Waals surface area contributed by atoms with Crippen LogP contribution in [0.25, 0.3) is 0 Å². The van der Waals surface area contributed by atoms with Crippen molar-refractivity contribution in [2.75, 3.05) is 13.2 Å². The number of aliphatic hydroxyl groups excluding tert-OH is 1. The van der Waals surface area contributed by atoms with E-state index in [1.165, 1.54) is 0 Å². The zero-order chi connectivity index (χ0) is 9.52. The lowest BCUT2D eigenvalue weighted by atomic mass is 10.1. The highest BCUT2D eigenvalue weighted by atomic mass is 16.7. The molecule has 1 heterocycles. The molecule has 76 valence electrons. The normalized spacial score (nSPS) is 20.4. The van der Waals surface area contributed by atoms with Crippen LogP contribution < -0.4 is 0 Å². The van der Waals surface area contributed by atoms with Crippen LogP contribution in [-0.2, 0) is 9.47 Å². The van der Waals surface area contributed by atoms with Crippen molar-refractivity contribution < 1.29 is 14.6 Å². The molecule has 1 atom stereocenters. The number of aliphatic hydroxyl groups is 1. The van der Waals surface area contributed by atoms with Crippen LogP contribution in [0.2, 0.25) is 0 Å². The number of unbranched alkanes of at least 4 members (excludes halogenated alkanes) is 1. The molecule has 1 fully saturated rings. The Morgan fingerprint density at radius 3 is 2.77 bits per heavy atom. The summed E-state index contributed by atoms with van der Waals surface area (Å²) < 4.78 is 10.5. The highest BCUT2D eigenvalue weighted by Crippen LogP contribution is 2.13. The molecule has 0 aromatic carbocycles. The number of hydrogen-bond donors (Lipinski definition) is 1. The summed E-state index contributed by atoms with van der Waals surface area (Å²) in [5.41, 5.74) is 0. The molecule has 1 saturated heterocycles. The zero-order valence-electron chi connectivity index (χ0n) is 7.95. The molecule has 0 saturated carbocycles. The SMILES string of the molecule is C=CCCCC(O)CC1OCCO1. The number of ether oxygens (including phenoxy) is 2. The molecule has 0 bridgehead atoms. The first-order valence-electron chi connectivity index (χ1n) is 4.85. The van der Waals surface area contributed by atoms with Gasteiger partial charge in [0.2, 0.25) is 0 Å². The van der Waals surface area contributed by atoms with E-state index in [4.69, 9.17) is 9.47 Å². The molecule has 3 nitrogen and oxygen atoms in total. The van der Waals surface area contributed by atoms with Gasteiger partial charge in [-0.2, -0.15) is 0 Å². The minimum absolute atomic E-state index is 0.182. The van der Waals surface area contributed by atoms with E-state index in [0.29, 0.717) is 19.6 Å². The maximum atomic E-state index is 9.54. The van der Waals surface area contributed by atoms with Crippen molar-refractivity contribution in [2.24, 2.45) is 0 Å². The fourth-order valence-corrected chi connectivity index (χ4v) is 1.38. The van der Waals surface area contributed by atoms with Gasteiger partial charge in [-0.15, -0.1) is 6.58 Å². The predicted octanol–water partition coefficient (Wildman–Crippen LogP) is 1.47. The van der Waals surface area contributed by atoms with Gasteiger partial charge in [0.25, 0.3) is 0 Å². The van der Waals surface area contributed by atoms with Gasteiger partial charge in [-0.3, -0.25) is 0 Å². The summed E-state index contributed by atoms with van der Waals surface area (Å²) in [6, 6.07) is 0. The molecular formula is C10H18O3. The zero-order valence-corrected chi connectivity index (χ0v) is 7.95. The van der Waals surface area contributed by atoms with E-state index in [9.17, 15) is 5.11 Å². The summed E-state index contributed by atoms with van der Waals surface area (Å²) in [6.45, 7) is 4.94. The molecule has 0 aromatic rings. The van der Waals surface area contributed by atoms with Crippen molar-refractivity contribution in [1.82, 2.24) is 0 Å². The van der Waals surface area contributed by atoms with E-state index in [2.05, 4.69) is 6.58 Å². The summed E-state index contributed by atoms with van der Waals surface area (Å²) >= 11 is 0. The van der Waals surface area contributed by atoms with Gasteiger partial charge >= 0.3 is 0 Å². The summed E-state index contributed by atoms with van der Waals surface area (Å²) in [6.07, 6.45) is 4.73. The summed E-state index contributed by atoms with van der Waals surface area (Å²) in [7, 11) is 0. The Kier molecular flexibility index (Phi) is 5.05. The van der Waals surface area contributed by atoms with E-state index >= 15 is 0 Å². The fourth-order valence-electron chi connectivity index (χ4n) is 1.38. The quantitative estimate of drug-likeness (QED) is 0.504. The van der Waals surface area contributed by atoms with Crippen LogP contribution in [0.4, 0.5) is 0 Å². The second-order valence-electron chi connectivity index (χ2n) is 3.28. The first-order chi connectivity index (χ1) is 6.33. The van der Waals surface area contributed by atoms with Gasteiger partial charge in [0.15, 0.2) is 6.29 Å². The van der Waals surface area contributed by atoms with Gasteiger partial charge in [-0.1, -0.05) is 6.08 Å². The number of rotatable bonds is 6. The number of hydrogen-bond acceptors (Lipinski definition) is 3. The van der Waals surface area contributed by atoms with Crippen LogP contribution in [-0.4, -0.2) is 30.7 Å². The second-order valence-corrected chi connectivity index (χ2v) is 3.28. The lowest BCUT2D eigenvalue weighted by molar-refractivity contribution is -0.0712. The van der Waals surface area contributed by atoms with Crippen LogP contribution >= 0.6 is 0 Å². The highest BCUT2D eigenvalue weighted by Gasteiger charge is 2.19. The molecule has 0 radical (unpaired) electrons. The van der Waals surface area contributed by atoms with Crippen molar-refractivity contribution >= 4 is 0 Å². The topological polar surface area (TPSA) is 38.7 Å². The van der Waals surface area contributed by atoms with E-state index in [1.54, 1.807) is 0 Å². The Morgan fingerprint density at radius 2 is 2.15 bits per heavy atom. The largest absolute Gasteiger partial charge is 0.393 e. The lowest BCUT2D eigenvalue weighted by Gasteiger charge is -2.13. The van der Waals surface area contributed by atoms with Gasteiger partial charge < -0.3 is 14.6 Å². The minimum atomic E-state index is -0.303. The van der Waals surface area contributed by atoms with Crippen LogP contribution in [0.1, 0.15) is 25.7 Å². The van der Waals surface area contributed by atoms with Crippen molar-refractivity contribution in [1.29, 1.82) is 0 Å². The number of allylic oxidation sites excluding steroid dienone is 1. The molecule has 3 heteroatoms. The van der Waals surface area contributed by atoms with E-state index < -0.39 is 0 Å². The molecule has 13 heavy (non-hydrogen) atoms. The summed E-state index contributed by atoms with van der Waals surface area (Å²) in [5, 5.41) is 9.54. The summed E-state index contributed by atoms with van der Waals surface area (Å²) in [5.74, 6) is 0. The molecule has 0 spiro atoms. The third kappa shape index (κ3) is 4.41. The standard InChI is InChI=1S/C10H18O3/c1-2-3-4-5-9(11)8-10-12-6-7-13-10/h2,9-11H,1,3-8H2. The van der Waals surface area contributed by atoms with E-state index in [0.717, 1.165) is 19.3 Å². The Bertz CT molecular complexity index is 141. The Balaban J connectivity index is 2.02. The lowest BCUT2D eigenvalue weighted by Crippen LogP contribution is -2.18. The first-order valence-corrected chi connectivity index (χ1v) is 4.85. The van der Waals surface area contributed by atoms with Crippen molar-refractivity contribution in [2.45, 2.75) is 38.1 Å². The van der Waals surface area contributed by atoms with Crippen LogP contribution in [0, 0.1) is 0 Å². The summed E-state index contributed by atoms with van der Waals surface area (Å²) in [4.78, 5) is 0. The molecule has 1 aliphatic heterocycles. The minimum Gasteiger partial charge on any atom is -0.393 e. The van der Waals surface area contributed by atoms with Gasteiger partial charge in [-0.05, 0) is 19.3 Å². The van der Waals surface area contributed by atoms with Gasteiger partial charge in [0.1, 0.15) is 0 Å². The Labute approximate surface area is 79.3 Å². The van der Waals surface area contributed by atoms with Crippen LogP contribution in [0.3, 0.4) is 0 Å². The van der Waals surface area contributed by atoms with Gasteiger partial charge in [0, 0.05) is 6.42 Å². The second kappa shape index (κ2) is 6.13. The van der Waals surface area contributed by atoms with Gasteiger partial charge in [-0.25, -0.2) is 0 Å². The Hall–Kier alpha value is -0.380. The fraction of sp³-hybridized carbons (Fsp3) is 0.800. The predicted molar refractivity (Wildman–Crippen MR) is 50.4 cm³/mol. The first kappa shape index (κ1) is 10.7. The smallest absolute Gasteiger partial charge is 0.160 e. The molecule has 1 aliphatic rings. The third-order valence-corrected chi connectivity index (χ3v) is 2.10. The molecule has 0 aliphatic carbocycles. The van der Waals surface area contributed by atoms with E-state index in [1.807, 2.05) is 6.08 Å². The maximum Gasteiger partial charge on any atom is 0.160 e. The molecule has 0 aromatic heterocycles. The highest BCUT2D eigenvalue weighted by molar-refractivity contribution is 4.68. The van der Waals surface area contributed by atoms with Crippen molar-refractivity contribution in [3.8, 4) is 0 Å². The van der Waals surface area contributed by atoms with Crippen molar-refractivity contribution in [3.05, 3.63) is 12.7 Å². The Morgan fingerprint density at radius 1 is 1.46 bits per heavy atom. The molecule has 1 N–H and O–H groups in total. The average molecular weight is 186 g/mol. The molecule has 0 amide bonds. The third-order valence-electron chi connectivity index (χ3n) is 2.10. The molecule has 1 unspecified atom stereocenters. The van der Waals surface area contributed by atoms with Crippen LogP contribution in [0.15, 0.2) is 12.7 Å². The average Bonchev–Trinajstić information content (AvgIpc) is 2.57. The monoisotopic (exact) mass is 186 g/mol. The molecule has 1 rings (SSSR count). The molecular weight excluding hydrogens is 168 g/mol. The van der Waals surface area contributed by atoms with Gasteiger partial charge in [0.05, 0.1) is 19.3 Å². The van der Waals surface area contributed by atoms with Crippen LogP contribution in [0.5, 0.6) is 0 Å². The van der Waals surface area contributed by atoms with Crippen molar-refractivity contribution in [3.63, 3.8) is 0 Å². The van der Waals surface area contributed by atoms with E-state index in [-0.39, 0.29) is 12.4 Å².